The van der Waals surface area contributed by atoms with E-state index in [0.29, 0.717) is 29.0 Å². The van der Waals surface area contributed by atoms with E-state index in [4.69, 9.17) is 15.9 Å². The Hall–Kier alpha value is -2.93. The molecule has 7 heteroatoms. The Labute approximate surface area is 147 Å². The van der Waals surface area contributed by atoms with E-state index in [2.05, 4.69) is 4.98 Å². The van der Waals surface area contributed by atoms with Crippen molar-refractivity contribution in [2.75, 3.05) is 5.73 Å². The molecule has 1 unspecified atom stereocenters. The number of aromatic nitrogens is 1. The summed E-state index contributed by atoms with van der Waals surface area (Å²) in [6.07, 6.45) is 3.85. The van der Waals surface area contributed by atoms with Gasteiger partial charge in [-0.3, -0.25) is 9.59 Å². The van der Waals surface area contributed by atoms with Gasteiger partial charge in [0.25, 0.3) is 5.91 Å². The lowest BCUT2D eigenvalue weighted by Crippen LogP contribution is -2.40. The number of Topliss-reactive ketones (excluding diaryl/α,β-unsaturated/α-hetero) is 1. The molecule has 0 fully saturated rings. The van der Waals surface area contributed by atoms with Gasteiger partial charge in [0.15, 0.2) is 12.2 Å². The lowest BCUT2D eigenvalue weighted by Gasteiger charge is -2.34. The highest BCUT2D eigenvalue weighted by Crippen LogP contribution is 2.47. The summed E-state index contributed by atoms with van der Waals surface area (Å²) in [6.45, 7) is 0. The number of fused-ring (bicyclic) bond motifs is 1. The second-order valence-electron chi connectivity index (χ2n) is 5.98. The summed E-state index contributed by atoms with van der Waals surface area (Å²) < 4.78 is 5.55. The van der Waals surface area contributed by atoms with Crippen LogP contribution >= 0.6 is 11.3 Å². The third-order valence-electron chi connectivity index (χ3n) is 4.74. The average molecular weight is 353 g/mol. The normalized spacial score (nSPS) is 19.6. The van der Waals surface area contributed by atoms with Crippen molar-refractivity contribution in [3.05, 3.63) is 70.3 Å². The summed E-state index contributed by atoms with van der Waals surface area (Å²) in [5.41, 5.74) is 12.2. The highest BCUT2D eigenvalue weighted by atomic mass is 32.1. The maximum atomic E-state index is 13.5. The predicted octanol–water partition coefficient (Wildman–Crippen LogP) is 2.53. The fraction of sp³-hybridized carbons (Fsp3) is 0.167. The summed E-state index contributed by atoms with van der Waals surface area (Å²) in [4.78, 5) is 29.7. The van der Waals surface area contributed by atoms with Crippen LogP contribution in [0.4, 0.5) is 5.00 Å². The molecule has 2 heterocycles. The number of hydrogen-bond acceptors (Lipinski definition) is 6. The van der Waals surface area contributed by atoms with Gasteiger partial charge in [-0.25, -0.2) is 4.98 Å². The lowest BCUT2D eigenvalue weighted by molar-refractivity contribution is 0.0880. The van der Waals surface area contributed by atoms with Gasteiger partial charge >= 0.3 is 0 Å². The number of thiophene rings is 1. The molecule has 1 aliphatic rings. The topological polar surface area (TPSA) is 112 Å². The van der Waals surface area contributed by atoms with Crippen LogP contribution in [0.3, 0.4) is 0 Å². The van der Waals surface area contributed by atoms with E-state index < -0.39 is 11.3 Å². The first kappa shape index (κ1) is 15.6. The van der Waals surface area contributed by atoms with E-state index >= 15 is 0 Å². The number of ketones is 1. The zero-order valence-electron chi connectivity index (χ0n) is 13.2. The minimum Gasteiger partial charge on any atom is -0.447 e. The molecule has 1 aliphatic carbocycles. The molecule has 126 valence electrons. The Bertz CT molecular complexity index is 963. The van der Waals surface area contributed by atoms with Crippen molar-refractivity contribution in [2.45, 2.75) is 18.3 Å². The number of carbonyl (C=O) groups is 2. The van der Waals surface area contributed by atoms with Crippen molar-refractivity contribution in [1.82, 2.24) is 4.98 Å². The van der Waals surface area contributed by atoms with Crippen LogP contribution < -0.4 is 11.5 Å². The van der Waals surface area contributed by atoms with Crippen LogP contribution in [-0.4, -0.2) is 16.7 Å². The summed E-state index contributed by atoms with van der Waals surface area (Å²) in [7, 11) is 0. The summed E-state index contributed by atoms with van der Waals surface area (Å²) >= 11 is 1.11. The number of primary amides is 1. The van der Waals surface area contributed by atoms with Crippen molar-refractivity contribution in [3.8, 4) is 0 Å². The molecule has 3 aromatic rings. The SMILES string of the molecule is NC(=O)c1c(N)sc2c1CCC(c1ccccc1)(c1cnco1)C2=O. The summed E-state index contributed by atoms with van der Waals surface area (Å²) in [6, 6.07) is 9.46. The van der Waals surface area contributed by atoms with Crippen molar-refractivity contribution in [3.63, 3.8) is 0 Å². The summed E-state index contributed by atoms with van der Waals surface area (Å²) in [5, 5.41) is 0.285. The van der Waals surface area contributed by atoms with E-state index in [1.165, 1.54) is 6.39 Å². The maximum Gasteiger partial charge on any atom is 0.251 e. The number of hydrogen-bond donors (Lipinski definition) is 2. The summed E-state index contributed by atoms with van der Waals surface area (Å²) in [5.74, 6) is -0.252. The van der Waals surface area contributed by atoms with Crippen LogP contribution in [-0.2, 0) is 11.8 Å². The van der Waals surface area contributed by atoms with Crippen LogP contribution in [0.25, 0.3) is 0 Å². The quantitative estimate of drug-likeness (QED) is 0.751. The fourth-order valence-electron chi connectivity index (χ4n) is 3.60. The van der Waals surface area contributed by atoms with Crippen LogP contribution in [0.15, 0.2) is 47.3 Å². The van der Waals surface area contributed by atoms with E-state index in [1.807, 2.05) is 30.3 Å². The van der Waals surface area contributed by atoms with E-state index in [1.54, 1.807) is 6.20 Å². The number of rotatable bonds is 3. The van der Waals surface area contributed by atoms with E-state index in [9.17, 15) is 9.59 Å². The second-order valence-corrected chi connectivity index (χ2v) is 7.03. The number of oxazole rings is 1. The molecule has 25 heavy (non-hydrogen) atoms. The zero-order chi connectivity index (χ0) is 17.6. The standard InChI is InChI=1S/C18H15N3O3S/c19-16(23)13-11-6-7-18(12-8-21-9-24-12,10-4-2-1-3-5-10)15(22)14(11)25-17(13)20/h1-5,8-9H,6-7,20H2,(H2,19,23). The molecular formula is C18H15N3O3S. The van der Waals surface area contributed by atoms with Crippen molar-refractivity contribution in [2.24, 2.45) is 5.73 Å². The molecular weight excluding hydrogens is 338 g/mol. The van der Waals surface area contributed by atoms with Gasteiger partial charge in [-0.1, -0.05) is 30.3 Å². The molecule has 0 saturated carbocycles. The molecule has 1 aromatic carbocycles. The second kappa shape index (κ2) is 5.56. The number of carbonyl (C=O) groups excluding carboxylic acids is 2. The first-order chi connectivity index (χ1) is 12.1. The molecule has 4 rings (SSSR count). The first-order valence-electron chi connectivity index (χ1n) is 7.76. The van der Waals surface area contributed by atoms with Crippen LogP contribution in [0.1, 0.15) is 43.3 Å². The smallest absolute Gasteiger partial charge is 0.251 e. The van der Waals surface area contributed by atoms with Crippen LogP contribution in [0.5, 0.6) is 0 Å². The first-order valence-corrected chi connectivity index (χ1v) is 8.57. The van der Waals surface area contributed by atoms with Gasteiger partial charge in [-0.15, -0.1) is 11.3 Å². The predicted molar refractivity (Wildman–Crippen MR) is 93.6 cm³/mol. The monoisotopic (exact) mass is 353 g/mol. The number of amides is 1. The largest absolute Gasteiger partial charge is 0.447 e. The molecule has 4 N–H and O–H groups in total. The molecule has 6 nitrogen and oxygen atoms in total. The molecule has 0 bridgehead atoms. The highest BCUT2D eigenvalue weighted by molar-refractivity contribution is 7.18. The number of benzene rings is 1. The van der Waals surface area contributed by atoms with Gasteiger partial charge in [-0.05, 0) is 24.0 Å². The molecule has 1 atom stereocenters. The van der Waals surface area contributed by atoms with Crippen molar-refractivity contribution >= 4 is 28.0 Å². The average Bonchev–Trinajstić information content (AvgIpc) is 3.24. The minimum absolute atomic E-state index is 0.138. The Morgan fingerprint density at radius 3 is 2.68 bits per heavy atom. The number of nitrogens with zero attached hydrogens (tertiary/aromatic N) is 1. The Kier molecular flexibility index (Phi) is 3.47. The third kappa shape index (κ3) is 2.12. The Balaban J connectivity index is 1.96. The zero-order valence-corrected chi connectivity index (χ0v) is 14.0. The molecule has 2 aromatic heterocycles. The highest BCUT2D eigenvalue weighted by Gasteiger charge is 2.49. The fourth-order valence-corrected chi connectivity index (χ4v) is 4.74. The van der Waals surface area contributed by atoms with Gasteiger partial charge in [0.1, 0.15) is 11.2 Å². The minimum atomic E-state index is -0.975. The maximum absolute atomic E-state index is 13.5. The third-order valence-corrected chi connectivity index (χ3v) is 5.80. The Morgan fingerprint density at radius 2 is 2.04 bits per heavy atom. The van der Waals surface area contributed by atoms with Crippen molar-refractivity contribution in [1.29, 1.82) is 0 Å². The number of nitrogens with two attached hydrogens (primary N) is 2. The van der Waals surface area contributed by atoms with E-state index in [-0.39, 0.29) is 16.3 Å². The van der Waals surface area contributed by atoms with Crippen LogP contribution in [0.2, 0.25) is 0 Å². The van der Waals surface area contributed by atoms with Gasteiger partial charge in [0.2, 0.25) is 0 Å². The van der Waals surface area contributed by atoms with E-state index in [0.717, 1.165) is 16.9 Å². The lowest BCUT2D eigenvalue weighted by atomic mass is 9.67. The van der Waals surface area contributed by atoms with Gasteiger partial charge in [-0.2, -0.15) is 0 Å². The van der Waals surface area contributed by atoms with Crippen LogP contribution in [0, 0.1) is 0 Å². The molecule has 1 amide bonds. The molecule has 0 radical (unpaired) electrons. The molecule has 0 spiro atoms. The van der Waals surface area contributed by atoms with Gasteiger partial charge in [0.05, 0.1) is 21.6 Å². The van der Waals surface area contributed by atoms with Crippen molar-refractivity contribution < 1.29 is 14.0 Å². The number of nitrogen functional groups attached to an aromatic ring is 1. The molecule has 0 saturated heterocycles. The Morgan fingerprint density at radius 1 is 1.28 bits per heavy atom. The van der Waals surface area contributed by atoms with Gasteiger partial charge in [0, 0.05) is 0 Å². The number of anilines is 1. The van der Waals surface area contributed by atoms with Gasteiger partial charge < -0.3 is 15.9 Å². The molecule has 0 aliphatic heterocycles.